The lowest BCUT2D eigenvalue weighted by Gasteiger charge is -2.38. The van der Waals surface area contributed by atoms with Crippen molar-refractivity contribution in [3.8, 4) is 0 Å². The van der Waals surface area contributed by atoms with Gasteiger partial charge in [-0.2, -0.15) is 0 Å². The number of nitrogens with zero attached hydrogens (tertiary/aromatic N) is 2. The van der Waals surface area contributed by atoms with Crippen LogP contribution in [0.2, 0.25) is 0 Å². The van der Waals surface area contributed by atoms with Crippen LogP contribution in [0, 0.1) is 0 Å². The predicted octanol–water partition coefficient (Wildman–Crippen LogP) is 2.73. The smallest absolute Gasteiger partial charge is 0.0606 e. The average molecular weight is 322 g/mol. The maximum Gasteiger partial charge on any atom is 0.0606 e. The Labute approximate surface area is 137 Å². The normalized spacial score (nSPS) is 21.4. The van der Waals surface area contributed by atoms with Gasteiger partial charge < -0.3 is 15.7 Å². The molecule has 22 heavy (non-hydrogen) atoms. The summed E-state index contributed by atoms with van der Waals surface area (Å²) in [5.74, 6) is 0. The fraction of sp³-hybridized carbons (Fsp3) is 0.471. The summed E-state index contributed by atoms with van der Waals surface area (Å²) in [5, 5.41) is 11.8. The summed E-state index contributed by atoms with van der Waals surface area (Å²) >= 11 is 0. The first-order chi connectivity index (χ1) is 10.3. The third kappa shape index (κ3) is 3.51. The van der Waals surface area contributed by atoms with Crippen molar-refractivity contribution in [1.29, 1.82) is 0 Å². The number of fused-ring (bicyclic) bond motifs is 1. The molecule has 0 unspecified atom stereocenters. The first-order valence-corrected chi connectivity index (χ1v) is 7.75. The van der Waals surface area contributed by atoms with Crippen LogP contribution in [-0.4, -0.2) is 35.3 Å². The molecule has 0 atom stereocenters. The largest absolute Gasteiger partial charge is 0.395 e. The molecule has 3 N–H and O–H groups in total. The molecule has 0 spiro atoms. The zero-order chi connectivity index (χ0) is 14.7. The first kappa shape index (κ1) is 17.0. The third-order valence-corrected chi connectivity index (χ3v) is 4.49. The Bertz CT molecular complexity index is 594. The van der Waals surface area contributed by atoms with E-state index in [1.165, 1.54) is 11.1 Å². The van der Waals surface area contributed by atoms with Gasteiger partial charge in [0, 0.05) is 47.5 Å². The van der Waals surface area contributed by atoms with Crippen LogP contribution in [0.25, 0.3) is 10.8 Å². The van der Waals surface area contributed by atoms with Crippen LogP contribution in [0.15, 0.2) is 36.7 Å². The second-order valence-electron chi connectivity index (χ2n) is 5.86. The molecule has 0 saturated heterocycles. The van der Waals surface area contributed by atoms with Gasteiger partial charge in [0.05, 0.1) is 6.61 Å². The highest BCUT2D eigenvalue weighted by molar-refractivity contribution is 5.93. The zero-order valence-electron chi connectivity index (χ0n) is 12.7. The highest BCUT2D eigenvalue weighted by Gasteiger charge is 2.25. The molecule has 2 aromatic rings. The van der Waals surface area contributed by atoms with Crippen LogP contribution < -0.4 is 10.6 Å². The molecule has 1 fully saturated rings. The average Bonchev–Trinajstić information content (AvgIpc) is 2.53. The highest BCUT2D eigenvalue weighted by Crippen LogP contribution is 2.31. The number of aromatic nitrogens is 1. The van der Waals surface area contributed by atoms with Gasteiger partial charge in [-0.05, 0) is 37.8 Å². The minimum Gasteiger partial charge on any atom is -0.395 e. The van der Waals surface area contributed by atoms with Gasteiger partial charge in [-0.3, -0.25) is 4.98 Å². The number of aliphatic hydroxyl groups is 1. The lowest BCUT2D eigenvalue weighted by atomic mass is 9.90. The second kappa shape index (κ2) is 7.77. The molecule has 0 aliphatic heterocycles. The summed E-state index contributed by atoms with van der Waals surface area (Å²) in [4.78, 5) is 6.55. The molecule has 5 heteroatoms. The van der Waals surface area contributed by atoms with Crippen molar-refractivity contribution in [1.82, 2.24) is 4.98 Å². The van der Waals surface area contributed by atoms with Crippen molar-refractivity contribution in [3.05, 3.63) is 36.7 Å². The quantitative estimate of drug-likeness (QED) is 0.909. The number of hydrogen-bond donors (Lipinski definition) is 2. The van der Waals surface area contributed by atoms with Crippen molar-refractivity contribution in [3.63, 3.8) is 0 Å². The highest BCUT2D eigenvalue weighted by atomic mass is 35.5. The van der Waals surface area contributed by atoms with Crippen LogP contribution in [0.3, 0.4) is 0 Å². The topological polar surface area (TPSA) is 62.4 Å². The molecule has 1 aliphatic rings. The van der Waals surface area contributed by atoms with E-state index in [2.05, 4.69) is 34.1 Å². The van der Waals surface area contributed by atoms with Gasteiger partial charge in [0.2, 0.25) is 0 Å². The fourth-order valence-corrected chi connectivity index (χ4v) is 3.38. The Morgan fingerprint density at radius 1 is 1.18 bits per heavy atom. The molecule has 1 aromatic heterocycles. The van der Waals surface area contributed by atoms with E-state index in [1.54, 1.807) is 0 Å². The standard InChI is InChI=1S/C17H23N3O.ClH/c18-14-4-6-15(7-5-14)20(10-11-21)17-3-1-2-13-12-19-9-8-16(13)17;/h1-3,8-9,12,14-15,21H,4-7,10-11,18H2;1H/t14-,15-;. The van der Waals surface area contributed by atoms with E-state index < -0.39 is 0 Å². The Hall–Kier alpha value is -1.36. The molecular weight excluding hydrogens is 298 g/mol. The van der Waals surface area contributed by atoms with Crippen LogP contribution in [0.1, 0.15) is 25.7 Å². The van der Waals surface area contributed by atoms with Crippen molar-refractivity contribution in [2.75, 3.05) is 18.1 Å². The molecule has 120 valence electrons. The summed E-state index contributed by atoms with van der Waals surface area (Å²) in [6.07, 6.45) is 8.07. The maximum atomic E-state index is 9.47. The van der Waals surface area contributed by atoms with E-state index in [0.29, 0.717) is 18.6 Å². The molecule has 4 nitrogen and oxygen atoms in total. The minimum absolute atomic E-state index is 0. The van der Waals surface area contributed by atoms with Crippen molar-refractivity contribution in [2.24, 2.45) is 5.73 Å². The number of anilines is 1. The van der Waals surface area contributed by atoms with E-state index in [0.717, 1.165) is 31.1 Å². The van der Waals surface area contributed by atoms with E-state index in [-0.39, 0.29) is 19.0 Å². The van der Waals surface area contributed by atoms with Gasteiger partial charge in [-0.15, -0.1) is 12.4 Å². The Balaban J connectivity index is 0.00000176. The number of benzene rings is 1. The van der Waals surface area contributed by atoms with Gasteiger partial charge in [-0.1, -0.05) is 12.1 Å². The van der Waals surface area contributed by atoms with Crippen LogP contribution in [-0.2, 0) is 0 Å². The van der Waals surface area contributed by atoms with Crippen molar-refractivity contribution in [2.45, 2.75) is 37.8 Å². The number of nitrogens with two attached hydrogens (primary N) is 1. The van der Waals surface area contributed by atoms with Gasteiger partial charge in [0.15, 0.2) is 0 Å². The van der Waals surface area contributed by atoms with E-state index in [9.17, 15) is 5.11 Å². The van der Waals surface area contributed by atoms with Gasteiger partial charge in [0.25, 0.3) is 0 Å². The maximum absolute atomic E-state index is 9.47. The van der Waals surface area contributed by atoms with Crippen molar-refractivity contribution >= 4 is 28.9 Å². The summed E-state index contributed by atoms with van der Waals surface area (Å²) in [6.45, 7) is 0.839. The molecule has 3 rings (SSSR count). The summed E-state index contributed by atoms with van der Waals surface area (Å²) in [7, 11) is 0. The molecule has 0 bridgehead atoms. The molecule has 0 radical (unpaired) electrons. The summed E-state index contributed by atoms with van der Waals surface area (Å²) in [5.41, 5.74) is 7.22. The summed E-state index contributed by atoms with van der Waals surface area (Å²) in [6, 6.07) is 9.17. The zero-order valence-corrected chi connectivity index (χ0v) is 13.5. The van der Waals surface area contributed by atoms with E-state index in [1.807, 2.05) is 12.4 Å². The van der Waals surface area contributed by atoms with Crippen LogP contribution >= 0.6 is 12.4 Å². The predicted molar refractivity (Wildman–Crippen MR) is 93.7 cm³/mol. The summed E-state index contributed by atoms with van der Waals surface area (Å²) < 4.78 is 0. The van der Waals surface area contributed by atoms with E-state index in [4.69, 9.17) is 5.73 Å². The molecule has 0 amide bonds. The second-order valence-corrected chi connectivity index (χ2v) is 5.86. The van der Waals surface area contributed by atoms with Crippen LogP contribution in [0.4, 0.5) is 5.69 Å². The lowest BCUT2D eigenvalue weighted by Crippen LogP contribution is -2.42. The number of aliphatic hydroxyl groups excluding tert-OH is 1. The molecule has 1 heterocycles. The minimum atomic E-state index is 0. The van der Waals surface area contributed by atoms with Gasteiger partial charge in [0.1, 0.15) is 0 Å². The number of rotatable bonds is 4. The monoisotopic (exact) mass is 321 g/mol. The Morgan fingerprint density at radius 2 is 1.95 bits per heavy atom. The number of hydrogen-bond acceptors (Lipinski definition) is 4. The molecular formula is C17H24ClN3O. The molecule has 1 saturated carbocycles. The van der Waals surface area contributed by atoms with Gasteiger partial charge >= 0.3 is 0 Å². The van der Waals surface area contributed by atoms with Crippen LogP contribution in [0.5, 0.6) is 0 Å². The van der Waals surface area contributed by atoms with Crippen molar-refractivity contribution < 1.29 is 5.11 Å². The van der Waals surface area contributed by atoms with E-state index >= 15 is 0 Å². The van der Waals surface area contributed by atoms with Gasteiger partial charge in [-0.25, -0.2) is 0 Å². The lowest BCUT2D eigenvalue weighted by molar-refractivity contribution is 0.287. The fourth-order valence-electron chi connectivity index (χ4n) is 3.38. The number of halogens is 1. The molecule has 1 aromatic carbocycles. The number of pyridine rings is 1. The molecule has 1 aliphatic carbocycles. The Kier molecular flexibility index (Phi) is 6.00. The Morgan fingerprint density at radius 3 is 2.68 bits per heavy atom. The third-order valence-electron chi connectivity index (χ3n) is 4.49. The SMILES string of the molecule is Cl.N[C@H]1CC[C@H](N(CCO)c2cccc3cnccc23)CC1. The first-order valence-electron chi connectivity index (χ1n) is 7.75.